The van der Waals surface area contributed by atoms with Crippen LogP contribution >= 0.6 is 0 Å². The van der Waals surface area contributed by atoms with Crippen LogP contribution in [0.4, 0.5) is 5.69 Å². The van der Waals surface area contributed by atoms with Crippen molar-refractivity contribution in [1.29, 1.82) is 0 Å². The highest BCUT2D eigenvalue weighted by Gasteiger charge is 2.38. The Balaban J connectivity index is 2.35. The Morgan fingerprint density at radius 3 is 2.60 bits per heavy atom. The molecule has 0 fully saturated rings. The van der Waals surface area contributed by atoms with Crippen LogP contribution in [0.25, 0.3) is 0 Å². The number of hydrogen-bond donors (Lipinski definition) is 2. The van der Waals surface area contributed by atoms with E-state index in [9.17, 15) is 14.7 Å². The Morgan fingerprint density at radius 1 is 1.40 bits per heavy atom. The smallest absolute Gasteiger partial charge is 0.312 e. The molecule has 0 bridgehead atoms. The van der Waals surface area contributed by atoms with E-state index < -0.39 is 11.9 Å². The molecule has 3 N–H and O–H groups in total. The van der Waals surface area contributed by atoms with E-state index in [1.54, 1.807) is 23.1 Å². The first-order valence-corrected chi connectivity index (χ1v) is 6.80. The van der Waals surface area contributed by atoms with Gasteiger partial charge in [0.15, 0.2) is 0 Å². The van der Waals surface area contributed by atoms with Gasteiger partial charge in [0.05, 0.1) is 5.92 Å². The van der Waals surface area contributed by atoms with Gasteiger partial charge in [0, 0.05) is 18.8 Å². The molecule has 0 spiro atoms. The van der Waals surface area contributed by atoms with Crippen LogP contribution in [-0.2, 0) is 9.59 Å². The van der Waals surface area contributed by atoms with Crippen molar-refractivity contribution in [2.45, 2.75) is 19.8 Å². The van der Waals surface area contributed by atoms with Gasteiger partial charge in [-0.05, 0) is 17.5 Å². The van der Waals surface area contributed by atoms with Gasteiger partial charge in [-0.25, -0.2) is 0 Å². The number of carboxylic acids is 1. The van der Waals surface area contributed by atoms with Gasteiger partial charge in [-0.15, -0.1) is 0 Å². The molecule has 0 saturated heterocycles. The number of rotatable bonds is 4. The van der Waals surface area contributed by atoms with Gasteiger partial charge in [0.25, 0.3) is 0 Å². The van der Waals surface area contributed by atoms with E-state index in [0.29, 0.717) is 11.3 Å². The summed E-state index contributed by atoms with van der Waals surface area (Å²) in [5.74, 6) is -1.79. The van der Waals surface area contributed by atoms with Crippen molar-refractivity contribution in [3.05, 3.63) is 29.8 Å². The van der Waals surface area contributed by atoms with Gasteiger partial charge in [0.2, 0.25) is 5.91 Å². The summed E-state index contributed by atoms with van der Waals surface area (Å²) in [5, 5.41) is 9.30. The molecule has 1 aromatic rings. The summed E-state index contributed by atoms with van der Waals surface area (Å²) in [7, 11) is 0. The van der Waals surface area contributed by atoms with Gasteiger partial charge in [0.1, 0.15) is 5.92 Å². The minimum atomic E-state index is -0.901. The number of nitrogens with two attached hydrogens (primary N) is 1. The largest absolute Gasteiger partial charge is 0.481 e. The average molecular weight is 276 g/mol. The SMILES string of the molecule is CC(C)C(CN)C(=O)N1CC(C(=O)O)c2ccccc21. The van der Waals surface area contributed by atoms with E-state index in [-0.39, 0.29) is 30.8 Å². The van der Waals surface area contributed by atoms with Gasteiger partial charge in [-0.1, -0.05) is 32.0 Å². The summed E-state index contributed by atoms with van der Waals surface area (Å²) in [6.07, 6.45) is 0. The molecule has 1 heterocycles. The van der Waals surface area contributed by atoms with Crippen LogP contribution in [0.1, 0.15) is 25.3 Å². The Morgan fingerprint density at radius 2 is 2.05 bits per heavy atom. The minimum absolute atomic E-state index is 0.0845. The molecule has 2 rings (SSSR count). The number of hydrogen-bond acceptors (Lipinski definition) is 3. The third kappa shape index (κ3) is 2.41. The molecule has 1 amide bonds. The Bertz CT molecular complexity index is 528. The highest BCUT2D eigenvalue weighted by molar-refractivity contribution is 6.00. The number of amides is 1. The van der Waals surface area contributed by atoms with Gasteiger partial charge < -0.3 is 15.7 Å². The lowest BCUT2D eigenvalue weighted by molar-refractivity contribution is -0.138. The molecule has 20 heavy (non-hydrogen) atoms. The van der Waals surface area contributed by atoms with Crippen molar-refractivity contribution in [1.82, 2.24) is 0 Å². The van der Waals surface area contributed by atoms with Crippen molar-refractivity contribution in [2.24, 2.45) is 17.6 Å². The lowest BCUT2D eigenvalue weighted by Crippen LogP contribution is -2.41. The molecule has 0 saturated carbocycles. The molecule has 5 nitrogen and oxygen atoms in total. The standard InChI is InChI=1S/C15H20N2O3/c1-9(2)11(7-16)14(18)17-8-12(15(19)20)10-5-3-4-6-13(10)17/h3-6,9,11-12H,7-8,16H2,1-2H3,(H,19,20). The third-order valence-corrected chi connectivity index (χ3v) is 3.91. The first-order valence-electron chi connectivity index (χ1n) is 6.80. The molecule has 108 valence electrons. The minimum Gasteiger partial charge on any atom is -0.481 e. The van der Waals surface area contributed by atoms with Crippen molar-refractivity contribution >= 4 is 17.6 Å². The molecule has 2 atom stereocenters. The second-order valence-corrected chi connectivity index (χ2v) is 5.48. The fourth-order valence-corrected chi connectivity index (χ4v) is 2.69. The van der Waals surface area contributed by atoms with Crippen LogP contribution < -0.4 is 10.6 Å². The fourth-order valence-electron chi connectivity index (χ4n) is 2.69. The molecule has 0 aliphatic carbocycles. The number of aliphatic carboxylic acids is 1. The van der Waals surface area contributed by atoms with Gasteiger partial charge in [-0.2, -0.15) is 0 Å². The van der Waals surface area contributed by atoms with Gasteiger partial charge >= 0.3 is 5.97 Å². The van der Waals surface area contributed by atoms with E-state index in [1.807, 2.05) is 19.9 Å². The lowest BCUT2D eigenvalue weighted by atomic mass is 9.94. The molecule has 1 aromatic carbocycles. The second-order valence-electron chi connectivity index (χ2n) is 5.48. The van der Waals surface area contributed by atoms with Crippen LogP contribution in [-0.4, -0.2) is 30.1 Å². The molecule has 0 radical (unpaired) electrons. The molecule has 0 aromatic heterocycles. The van der Waals surface area contributed by atoms with E-state index in [1.165, 1.54) is 0 Å². The van der Waals surface area contributed by atoms with Crippen LogP contribution in [0.5, 0.6) is 0 Å². The number of para-hydroxylation sites is 1. The Labute approximate surface area is 118 Å². The fraction of sp³-hybridized carbons (Fsp3) is 0.467. The van der Waals surface area contributed by atoms with Crippen LogP contribution in [0, 0.1) is 11.8 Å². The molecule has 1 aliphatic heterocycles. The van der Waals surface area contributed by atoms with E-state index in [4.69, 9.17) is 5.73 Å². The molecule has 1 aliphatic rings. The zero-order valence-electron chi connectivity index (χ0n) is 11.7. The predicted octanol–water partition coefficient (Wildman–Crippen LogP) is 1.43. The van der Waals surface area contributed by atoms with Gasteiger partial charge in [-0.3, -0.25) is 9.59 Å². The number of benzene rings is 1. The Kier molecular flexibility index (Phi) is 4.09. The molecule has 5 heteroatoms. The van der Waals surface area contributed by atoms with Crippen molar-refractivity contribution < 1.29 is 14.7 Å². The predicted molar refractivity (Wildman–Crippen MR) is 76.6 cm³/mol. The van der Waals surface area contributed by atoms with Crippen LogP contribution in [0.2, 0.25) is 0 Å². The maximum Gasteiger partial charge on any atom is 0.312 e. The quantitative estimate of drug-likeness (QED) is 0.871. The van der Waals surface area contributed by atoms with Crippen LogP contribution in [0.15, 0.2) is 24.3 Å². The first-order chi connectivity index (χ1) is 9.47. The number of carbonyl (C=O) groups is 2. The van der Waals surface area contributed by atoms with E-state index in [2.05, 4.69) is 0 Å². The number of nitrogens with zero attached hydrogens (tertiary/aromatic N) is 1. The number of carbonyl (C=O) groups excluding carboxylic acids is 1. The summed E-state index contributed by atoms with van der Waals surface area (Å²) in [6, 6.07) is 7.18. The second kappa shape index (κ2) is 5.63. The molecular weight excluding hydrogens is 256 g/mol. The Hall–Kier alpha value is -1.88. The van der Waals surface area contributed by atoms with Crippen molar-refractivity contribution in [3.63, 3.8) is 0 Å². The summed E-state index contributed by atoms with van der Waals surface area (Å²) in [5.41, 5.74) is 7.09. The number of anilines is 1. The van der Waals surface area contributed by atoms with E-state index in [0.717, 1.165) is 0 Å². The summed E-state index contributed by atoms with van der Waals surface area (Å²) in [4.78, 5) is 25.5. The summed E-state index contributed by atoms with van der Waals surface area (Å²) >= 11 is 0. The maximum atomic E-state index is 12.6. The maximum absolute atomic E-state index is 12.6. The highest BCUT2D eigenvalue weighted by Crippen LogP contribution is 2.37. The molecular formula is C15H20N2O3. The zero-order chi connectivity index (χ0) is 14.9. The van der Waals surface area contributed by atoms with Crippen molar-refractivity contribution in [3.8, 4) is 0 Å². The average Bonchev–Trinajstić information content (AvgIpc) is 2.78. The van der Waals surface area contributed by atoms with Crippen molar-refractivity contribution in [2.75, 3.05) is 18.0 Å². The summed E-state index contributed by atoms with van der Waals surface area (Å²) in [6.45, 7) is 4.36. The highest BCUT2D eigenvalue weighted by atomic mass is 16.4. The normalized spacial score (nSPS) is 19.0. The van der Waals surface area contributed by atoms with E-state index >= 15 is 0 Å². The summed E-state index contributed by atoms with van der Waals surface area (Å²) < 4.78 is 0. The topological polar surface area (TPSA) is 83.6 Å². The first kappa shape index (κ1) is 14.5. The third-order valence-electron chi connectivity index (χ3n) is 3.91. The van der Waals surface area contributed by atoms with Crippen LogP contribution in [0.3, 0.4) is 0 Å². The monoisotopic (exact) mass is 276 g/mol. The lowest BCUT2D eigenvalue weighted by Gasteiger charge is -2.25. The number of fused-ring (bicyclic) bond motifs is 1. The zero-order valence-corrected chi connectivity index (χ0v) is 11.7. The number of carboxylic acid groups (broad SMARTS) is 1. The molecule has 2 unspecified atom stereocenters.